The standard InChI is InChI=1S/C20H20ClN5O/c1-12-6-5-7-15-13(2)8-16(24-17(12)15)26-18(14(9-22)10-23-26)25-19(27)20(3,4)11-21/h5-8,10H,11H2,1-4H3,(H,25,27). The van der Waals surface area contributed by atoms with E-state index >= 15 is 0 Å². The number of nitrogens with zero attached hydrogens (tertiary/aromatic N) is 4. The molecule has 0 fully saturated rings. The van der Waals surface area contributed by atoms with Gasteiger partial charge in [-0.05, 0) is 44.9 Å². The lowest BCUT2D eigenvalue weighted by molar-refractivity contribution is -0.123. The Hall–Kier alpha value is -2.91. The highest BCUT2D eigenvalue weighted by Crippen LogP contribution is 2.27. The number of nitriles is 1. The number of nitrogens with one attached hydrogen (secondary N) is 1. The second-order valence-electron chi connectivity index (χ2n) is 7.17. The number of halogens is 1. The van der Waals surface area contributed by atoms with Crippen LogP contribution in [0.15, 0.2) is 30.5 Å². The predicted octanol–water partition coefficient (Wildman–Crippen LogP) is 4.11. The van der Waals surface area contributed by atoms with E-state index in [1.807, 2.05) is 38.1 Å². The summed E-state index contributed by atoms with van der Waals surface area (Å²) in [6.45, 7) is 7.47. The minimum atomic E-state index is -0.785. The molecule has 1 amide bonds. The van der Waals surface area contributed by atoms with Crippen molar-refractivity contribution in [3.63, 3.8) is 0 Å². The van der Waals surface area contributed by atoms with Gasteiger partial charge in [-0.3, -0.25) is 4.79 Å². The number of carbonyl (C=O) groups excluding carboxylic acids is 1. The minimum Gasteiger partial charge on any atom is -0.309 e. The third-order valence-corrected chi connectivity index (χ3v) is 5.19. The molecule has 0 bridgehead atoms. The zero-order valence-electron chi connectivity index (χ0n) is 15.7. The van der Waals surface area contributed by atoms with Gasteiger partial charge in [0.25, 0.3) is 0 Å². The smallest absolute Gasteiger partial charge is 0.232 e. The molecule has 27 heavy (non-hydrogen) atoms. The van der Waals surface area contributed by atoms with Crippen molar-refractivity contribution in [3.05, 3.63) is 47.2 Å². The number of fused-ring (bicyclic) bond motifs is 1. The minimum absolute atomic E-state index is 0.154. The van der Waals surface area contributed by atoms with Gasteiger partial charge in [-0.2, -0.15) is 15.0 Å². The first-order chi connectivity index (χ1) is 12.8. The number of hydrogen-bond acceptors (Lipinski definition) is 4. The fraction of sp³-hybridized carbons (Fsp3) is 0.300. The summed E-state index contributed by atoms with van der Waals surface area (Å²) in [7, 11) is 0. The van der Waals surface area contributed by atoms with E-state index in [9.17, 15) is 10.1 Å². The first-order valence-corrected chi connectivity index (χ1v) is 9.05. The van der Waals surface area contributed by atoms with Gasteiger partial charge in [0.15, 0.2) is 11.6 Å². The molecule has 7 heteroatoms. The number of hydrogen-bond donors (Lipinski definition) is 1. The maximum atomic E-state index is 12.6. The molecule has 1 N–H and O–H groups in total. The lowest BCUT2D eigenvalue weighted by Crippen LogP contribution is -2.33. The Balaban J connectivity index is 2.15. The normalized spacial score (nSPS) is 11.4. The van der Waals surface area contributed by atoms with Crippen molar-refractivity contribution in [3.8, 4) is 11.9 Å². The number of carbonyl (C=O) groups is 1. The molecule has 1 aromatic carbocycles. The molecule has 2 aromatic heterocycles. The maximum absolute atomic E-state index is 12.6. The second-order valence-corrected chi connectivity index (χ2v) is 7.44. The van der Waals surface area contributed by atoms with E-state index in [-0.39, 0.29) is 17.4 Å². The quantitative estimate of drug-likeness (QED) is 0.689. The number of pyridine rings is 1. The van der Waals surface area contributed by atoms with Crippen LogP contribution >= 0.6 is 11.6 Å². The average molecular weight is 382 g/mol. The molecule has 2 heterocycles. The number of rotatable bonds is 4. The lowest BCUT2D eigenvalue weighted by atomic mass is 9.95. The van der Waals surface area contributed by atoms with Gasteiger partial charge in [0, 0.05) is 11.3 Å². The number of aromatic nitrogens is 3. The summed E-state index contributed by atoms with van der Waals surface area (Å²) >= 11 is 5.90. The van der Waals surface area contributed by atoms with Gasteiger partial charge >= 0.3 is 0 Å². The van der Waals surface area contributed by atoms with Gasteiger partial charge in [0.05, 0.1) is 17.1 Å². The van der Waals surface area contributed by atoms with E-state index < -0.39 is 5.41 Å². The third kappa shape index (κ3) is 3.38. The van der Waals surface area contributed by atoms with E-state index in [0.29, 0.717) is 11.6 Å². The predicted molar refractivity (Wildman–Crippen MR) is 106 cm³/mol. The van der Waals surface area contributed by atoms with Gasteiger partial charge in [0.1, 0.15) is 11.6 Å². The number of amides is 1. The van der Waals surface area contributed by atoms with Crippen molar-refractivity contribution in [2.45, 2.75) is 27.7 Å². The zero-order chi connectivity index (χ0) is 19.8. The van der Waals surface area contributed by atoms with Crippen LogP contribution in [0.4, 0.5) is 5.82 Å². The van der Waals surface area contributed by atoms with Crippen LogP contribution in [-0.4, -0.2) is 26.6 Å². The number of alkyl halides is 1. The molecule has 3 rings (SSSR count). The molecule has 0 radical (unpaired) electrons. The molecule has 0 aliphatic rings. The highest BCUT2D eigenvalue weighted by atomic mass is 35.5. The molecule has 0 unspecified atom stereocenters. The highest BCUT2D eigenvalue weighted by Gasteiger charge is 2.29. The summed E-state index contributed by atoms with van der Waals surface area (Å²) in [5.74, 6) is 0.696. The molecule has 0 aliphatic heterocycles. The Kier molecular flexibility index (Phi) is 4.90. The molecular weight excluding hydrogens is 362 g/mol. The average Bonchev–Trinajstić information content (AvgIpc) is 3.05. The van der Waals surface area contributed by atoms with E-state index in [1.54, 1.807) is 13.8 Å². The van der Waals surface area contributed by atoms with E-state index in [4.69, 9.17) is 16.6 Å². The Labute approximate surface area is 162 Å². The molecule has 3 aromatic rings. The molecule has 138 valence electrons. The van der Waals surface area contributed by atoms with Crippen molar-refractivity contribution in [2.75, 3.05) is 11.2 Å². The molecule has 6 nitrogen and oxygen atoms in total. The fourth-order valence-corrected chi connectivity index (χ4v) is 2.84. The monoisotopic (exact) mass is 381 g/mol. The van der Waals surface area contributed by atoms with Crippen molar-refractivity contribution >= 4 is 34.2 Å². The summed E-state index contributed by atoms with van der Waals surface area (Å²) in [6.07, 6.45) is 1.42. The summed E-state index contributed by atoms with van der Waals surface area (Å²) in [4.78, 5) is 17.3. The highest BCUT2D eigenvalue weighted by molar-refractivity contribution is 6.20. The van der Waals surface area contributed by atoms with E-state index in [2.05, 4.69) is 16.5 Å². The van der Waals surface area contributed by atoms with E-state index in [1.165, 1.54) is 10.9 Å². The van der Waals surface area contributed by atoms with Gasteiger partial charge in [-0.25, -0.2) is 4.98 Å². The number of aryl methyl sites for hydroxylation is 2. The molecule has 0 aliphatic carbocycles. The lowest BCUT2D eigenvalue weighted by Gasteiger charge is -2.21. The van der Waals surface area contributed by atoms with Crippen LogP contribution < -0.4 is 5.32 Å². The molecule has 0 saturated heterocycles. The van der Waals surface area contributed by atoms with Crippen molar-refractivity contribution < 1.29 is 4.79 Å². The van der Waals surface area contributed by atoms with Crippen molar-refractivity contribution in [1.29, 1.82) is 5.26 Å². The van der Waals surface area contributed by atoms with Gasteiger partial charge < -0.3 is 5.32 Å². The van der Waals surface area contributed by atoms with Crippen LogP contribution in [0.2, 0.25) is 0 Å². The van der Waals surface area contributed by atoms with Gasteiger partial charge in [-0.15, -0.1) is 11.6 Å². The Morgan fingerprint density at radius 2 is 2.07 bits per heavy atom. The SMILES string of the molecule is Cc1cc(-n2ncc(C#N)c2NC(=O)C(C)(C)CCl)nc2c(C)cccc12. The third-order valence-electron chi connectivity index (χ3n) is 4.52. The first-order valence-electron chi connectivity index (χ1n) is 8.51. The molecule has 0 atom stereocenters. The second kappa shape index (κ2) is 7.01. The Morgan fingerprint density at radius 3 is 2.74 bits per heavy atom. The number of para-hydroxylation sites is 1. The topological polar surface area (TPSA) is 83.6 Å². The zero-order valence-corrected chi connectivity index (χ0v) is 16.4. The number of anilines is 1. The van der Waals surface area contributed by atoms with Crippen LogP contribution in [0.3, 0.4) is 0 Å². The van der Waals surface area contributed by atoms with E-state index in [0.717, 1.165) is 22.0 Å². The largest absolute Gasteiger partial charge is 0.309 e. The van der Waals surface area contributed by atoms with Gasteiger partial charge in [-0.1, -0.05) is 18.2 Å². The summed E-state index contributed by atoms with van der Waals surface area (Å²) in [5.41, 5.74) is 2.41. The molecular formula is C20H20ClN5O. The summed E-state index contributed by atoms with van der Waals surface area (Å²) in [5, 5.41) is 17.6. The molecule has 0 spiro atoms. The van der Waals surface area contributed by atoms with Crippen molar-refractivity contribution in [2.24, 2.45) is 5.41 Å². The summed E-state index contributed by atoms with van der Waals surface area (Å²) < 4.78 is 1.49. The maximum Gasteiger partial charge on any atom is 0.232 e. The number of benzene rings is 1. The Bertz CT molecular complexity index is 1080. The molecule has 0 saturated carbocycles. The first kappa shape index (κ1) is 18.9. The van der Waals surface area contributed by atoms with Crippen LogP contribution in [0, 0.1) is 30.6 Å². The van der Waals surface area contributed by atoms with Crippen LogP contribution in [0.25, 0.3) is 16.7 Å². The van der Waals surface area contributed by atoms with Gasteiger partial charge in [0.2, 0.25) is 5.91 Å². The van der Waals surface area contributed by atoms with Crippen molar-refractivity contribution in [1.82, 2.24) is 14.8 Å². The van der Waals surface area contributed by atoms with Crippen LogP contribution in [0.1, 0.15) is 30.5 Å². The Morgan fingerprint density at radius 1 is 1.33 bits per heavy atom. The van der Waals surface area contributed by atoms with Crippen LogP contribution in [-0.2, 0) is 4.79 Å². The summed E-state index contributed by atoms with van der Waals surface area (Å²) in [6, 6.07) is 9.96. The van der Waals surface area contributed by atoms with Crippen LogP contribution in [0.5, 0.6) is 0 Å². The fourth-order valence-electron chi connectivity index (χ4n) is 2.71.